The maximum atomic E-state index is 13.1. The second-order valence-electron chi connectivity index (χ2n) is 9.14. The number of methoxy groups -OCH3 is 1. The smallest absolute Gasteiger partial charge is 0.268 e. The van der Waals surface area contributed by atoms with Gasteiger partial charge in [-0.3, -0.25) is 19.2 Å². The van der Waals surface area contributed by atoms with Gasteiger partial charge in [0.25, 0.3) is 5.91 Å². The molecule has 10 nitrogen and oxygen atoms in total. The van der Waals surface area contributed by atoms with E-state index >= 15 is 0 Å². The average molecular weight is 470 g/mol. The van der Waals surface area contributed by atoms with Gasteiger partial charge < -0.3 is 31.4 Å². The third kappa shape index (κ3) is 5.49. The molecular formula is C24H31N5O5. The fraction of sp³-hybridized carbons (Fsp3) is 0.500. The number of aromatic amines is 1. The average Bonchev–Trinajstić information content (AvgIpc) is 3.52. The van der Waals surface area contributed by atoms with E-state index in [1.807, 2.05) is 12.1 Å². The fourth-order valence-electron chi connectivity index (χ4n) is 4.45. The summed E-state index contributed by atoms with van der Waals surface area (Å²) in [7, 11) is 1.56. The molecule has 4 rings (SSSR count). The molecule has 0 bridgehead atoms. The molecule has 0 radical (unpaired) electrons. The van der Waals surface area contributed by atoms with Crippen molar-refractivity contribution >= 4 is 34.5 Å². The van der Waals surface area contributed by atoms with Crippen LogP contribution in [0.25, 0.3) is 10.9 Å². The minimum absolute atomic E-state index is 0.135. The van der Waals surface area contributed by atoms with E-state index in [2.05, 4.69) is 20.9 Å². The minimum Gasteiger partial charge on any atom is -0.496 e. The zero-order chi connectivity index (χ0) is 24.2. The molecule has 6 N–H and O–H groups in total. The number of carbonyl (C=O) groups excluding carboxylic acids is 4. The molecule has 1 aliphatic carbocycles. The van der Waals surface area contributed by atoms with Crippen molar-refractivity contribution in [2.75, 3.05) is 13.7 Å². The molecule has 1 aromatic heterocycles. The van der Waals surface area contributed by atoms with Crippen LogP contribution in [-0.4, -0.2) is 54.4 Å². The molecule has 3 atom stereocenters. The maximum Gasteiger partial charge on any atom is 0.268 e. The third-order valence-electron chi connectivity index (χ3n) is 6.56. The number of hydrogen-bond acceptors (Lipinski definition) is 5. The molecule has 4 amide bonds. The standard InChI is InChI=1S/C24H31N5O5/c1-34-20-6-2-5-16-15(20)12-19(27-16)24(33)29-18(10-13-7-8-13)23(32)28-17(21(25)30)11-14-4-3-9-26-22(14)31/h2,5-6,12-14,17-18,27H,3-4,7-11H2,1H3,(H2,25,30)(H,26,31)(H,28,32)(H,29,33)/t14-,17-,18?/m0/s1. The Balaban J connectivity index is 1.46. The Morgan fingerprint density at radius 2 is 1.94 bits per heavy atom. The van der Waals surface area contributed by atoms with Gasteiger partial charge in [0, 0.05) is 23.4 Å². The van der Waals surface area contributed by atoms with Crippen molar-refractivity contribution in [1.82, 2.24) is 20.9 Å². The van der Waals surface area contributed by atoms with Gasteiger partial charge in [0.05, 0.1) is 7.11 Å². The van der Waals surface area contributed by atoms with Crippen LogP contribution in [0.15, 0.2) is 24.3 Å². The van der Waals surface area contributed by atoms with E-state index in [1.165, 1.54) is 0 Å². The largest absolute Gasteiger partial charge is 0.496 e. The molecule has 2 aromatic rings. The number of ether oxygens (including phenoxy) is 1. The Hall–Kier alpha value is -3.56. The molecule has 34 heavy (non-hydrogen) atoms. The Labute approximate surface area is 197 Å². The van der Waals surface area contributed by atoms with Crippen LogP contribution < -0.4 is 26.4 Å². The molecule has 1 saturated carbocycles. The Kier molecular flexibility index (Phi) is 7.04. The highest BCUT2D eigenvalue weighted by molar-refractivity contribution is 6.01. The normalized spacial score (nSPS) is 19.7. The number of carbonyl (C=O) groups is 4. The van der Waals surface area contributed by atoms with E-state index in [0.717, 1.165) is 30.2 Å². The number of piperidine rings is 1. The number of nitrogens with two attached hydrogens (primary N) is 1. The van der Waals surface area contributed by atoms with E-state index < -0.39 is 29.8 Å². The highest BCUT2D eigenvalue weighted by Gasteiger charge is 2.34. The number of aromatic nitrogens is 1. The Bertz CT molecular complexity index is 1090. The SMILES string of the molecule is COc1cccc2[nH]c(C(=O)NC(CC3CC3)C(=O)N[C@@H](C[C@@H]3CCCNC3=O)C(N)=O)cc12. The number of fused-ring (bicyclic) bond motifs is 1. The van der Waals surface area contributed by atoms with Crippen molar-refractivity contribution in [2.24, 2.45) is 17.6 Å². The molecule has 2 aliphatic rings. The van der Waals surface area contributed by atoms with E-state index in [1.54, 1.807) is 19.2 Å². The highest BCUT2D eigenvalue weighted by atomic mass is 16.5. The topological polar surface area (TPSA) is 155 Å². The van der Waals surface area contributed by atoms with Gasteiger partial charge in [0.15, 0.2) is 0 Å². The van der Waals surface area contributed by atoms with E-state index in [4.69, 9.17) is 10.5 Å². The van der Waals surface area contributed by atoms with Crippen LogP contribution in [0.3, 0.4) is 0 Å². The van der Waals surface area contributed by atoms with Gasteiger partial charge in [-0.1, -0.05) is 18.9 Å². The van der Waals surface area contributed by atoms with Gasteiger partial charge in [0.2, 0.25) is 17.7 Å². The van der Waals surface area contributed by atoms with Gasteiger partial charge in [-0.25, -0.2) is 0 Å². The van der Waals surface area contributed by atoms with Gasteiger partial charge in [-0.2, -0.15) is 0 Å². The summed E-state index contributed by atoms with van der Waals surface area (Å²) in [6.45, 7) is 0.609. The van der Waals surface area contributed by atoms with Crippen LogP contribution in [0.5, 0.6) is 5.75 Å². The van der Waals surface area contributed by atoms with Gasteiger partial charge in [0.1, 0.15) is 23.5 Å². The van der Waals surface area contributed by atoms with Crippen LogP contribution >= 0.6 is 0 Å². The number of benzene rings is 1. The lowest BCUT2D eigenvalue weighted by molar-refractivity contribution is -0.131. The number of nitrogens with one attached hydrogen (secondary N) is 4. The monoisotopic (exact) mass is 469 g/mol. The number of amides is 4. The first-order valence-corrected chi connectivity index (χ1v) is 11.7. The number of rotatable bonds is 10. The molecule has 0 spiro atoms. The number of hydrogen-bond donors (Lipinski definition) is 5. The highest BCUT2D eigenvalue weighted by Crippen LogP contribution is 2.34. The molecule has 2 heterocycles. The zero-order valence-electron chi connectivity index (χ0n) is 19.2. The summed E-state index contributed by atoms with van der Waals surface area (Å²) in [6.07, 6.45) is 4.04. The summed E-state index contributed by atoms with van der Waals surface area (Å²) in [5, 5.41) is 9.02. The quantitative estimate of drug-likeness (QED) is 0.350. The predicted molar refractivity (Wildman–Crippen MR) is 125 cm³/mol. The van der Waals surface area contributed by atoms with Crippen LogP contribution in [-0.2, 0) is 14.4 Å². The first-order valence-electron chi connectivity index (χ1n) is 11.7. The van der Waals surface area contributed by atoms with Crippen molar-refractivity contribution in [3.63, 3.8) is 0 Å². The van der Waals surface area contributed by atoms with Crippen molar-refractivity contribution in [1.29, 1.82) is 0 Å². The van der Waals surface area contributed by atoms with E-state index in [-0.39, 0.29) is 18.2 Å². The summed E-state index contributed by atoms with van der Waals surface area (Å²) in [6, 6.07) is 5.33. The van der Waals surface area contributed by atoms with Crippen LogP contribution in [0.1, 0.15) is 49.0 Å². The van der Waals surface area contributed by atoms with E-state index in [0.29, 0.717) is 36.7 Å². The molecule has 2 fully saturated rings. The van der Waals surface area contributed by atoms with Crippen molar-refractivity contribution in [3.8, 4) is 5.75 Å². The summed E-state index contributed by atoms with van der Waals surface area (Å²) in [5.41, 5.74) is 6.58. The van der Waals surface area contributed by atoms with Crippen molar-refractivity contribution < 1.29 is 23.9 Å². The van der Waals surface area contributed by atoms with Crippen LogP contribution in [0.4, 0.5) is 0 Å². The van der Waals surface area contributed by atoms with E-state index in [9.17, 15) is 19.2 Å². The number of H-pyrrole nitrogens is 1. The second-order valence-corrected chi connectivity index (χ2v) is 9.14. The summed E-state index contributed by atoms with van der Waals surface area (Å²) < 4.78 is 5.35. The van der Waals surface area contributed by atoms with Gasteiger partial charge in [-0.05, 0) is 49.8 Å². The lowest BCUT2D eigenvalue weighted by Gasteiger charge is -2.27. The maximum absolute atomic E-state index is 13.1. The first-order chi connectivity index (χ1) is 16.4. The fourth-order valence-corrected chi connectivity index (χ4v) is 4.45. The lowest BCUT2D eigenvalue weighted by Crippen LogP contribution is -2.54. The minimum atomic E-state index is -0.989. The van der Waals surface area contributed by atoms with Crippen LogP contribution in [0, 0.1) is 11.8 Å². The van der Waals surface area contributed by atoms with Crippen LogP contribution in [0.2, 0.25) is 0 Å². The third-order valence-corrected chi connectivity index (χ3v) is 6.56. The Morgan fingerprint density at radius 3 is 2.62 bits per heavy atom. The van der Waals surface area contributed by atoms with Gasteiger partial charge in [-0.15, -0.1) is 0 Å². The summed E-state index contributed by atoms with van der Waals surface area (Å²) in [4.78, 5) is 53.3. The molecular weight excluding hydrogens is 438 g/mol. The molecule has 1 aromatic carbocycles. The summed E-state index contributed by atoms with van der Waals surface area (Å²) in [5.74, 6) is -1.15. The predicted octanol–water partition coefficient (Wildman–Crippen LogP) is 0.961. The molecule has 1 aliphatic heterocycles. The summed E-state index contributed by atoms with van der Waals surface area (Å²) >= 11 is 0. The van der Waals surface area contributed by atoms with Crippen molar-refractivity contribution in [3.05, 3.63) is 30.0 Å². The van der Waals surface area contributed by atoms with Gasteiger partial charge >= 0.3 is 0 Å². The molecule has 1 saturated heterocycles. The first kappa shape index (κ1) is 23.6. The Morgan fingerprint density at radius 1 is 1.15 bits per heavy atom. The molecule has 10 heteroatoms. The molecule has 182 valence electrons. The zero-order valence-corrected chi connectivity index (χ0v) is 19.2. The molecule has 1 unspecified atom stereocenters. The number of primary amides is 1. The lowest BCUT2D eigenvalue weighted by atomic mass is 9.91. The second kappa shape index (κ2) is 10.1. The van der Waals surface area contributed by atoms with Crippen molar-refractivity contribution in [2.45, 2.75) is 50.6 Å².